The third-order valence-electron chi connectivity index (χ3n) is 5.29. The summed E-state index contributed by atoms with van der Waals surface area (Å²) in [4.78, 5) is 14.7. The fraction of sp³-hybridized carbons (Fsp3) is 0.933. The van der Waals surface area contributed by atoms with Gasteiger partial charge in [0.15, 0.2) is 0 Å². The molecular formula is C15H27ClN2O2. The van der Waals surface area contributed by atoms with Crippen molar-refractivity contribution in [3.63, 3.8) is 0 Å². The zero-order valence-electron chi connectivity index (χ0n) is 12.4. The quantitative estimate of drug-likeness (QED) is 0.844. The van der Waals surface area contributed by atoms with Gasteiger partial charge in [-0.3, -0.25) is 4.79 Å². The van der Waals surface area contributed by atoms with Gasteiger partial charge >= 0.3 is 0 Å². The van der Waals surface area contributed by atoms with Gasteiger partial charge in [-0.2, -0.15) is 0 Å². The van der Waals surface area contributed by atoms with E-state index in [2.05, 4.69) is 17.1 Å². The molecule has 0 saturated carbocycles. The fourth-order valence-corrected chi connectivity index (χ4v) is 3.78. The Morgan fingerprint density at radius 2 is 2.10 bits per heavy atom. The summed E-state index contributed by atoms with van der Waals surface area (Å²) in [5.41, 5.74) is 0.268. The predicted octanol–water partition coefficient (Wildman–Crippen LogP) is 1.68. The second-order valence-electron chi connectivity index (χ2n) is 6.73. The van der Waals surface area contributed by atoms with Crippen LogP contribution in [0.5, 0.6) is 0 Å². The van der Waals surface area contributed by atoms with Crippen LogP contribution in [0, 0.1) is 17.3 Å². The maximum atomic E-state index is 12.6. The Labute approximate surface area is 128 Å². The van der Waals surface area contributed by atoms with Gasteiger partial charge in [-0.05, 0) is 44.7 Å². The number of amides is 1. The first-order valence-corrected chi connectivity index (χ1v) is 7.77. The highest BCUT2D eigenvalue weighted by Gasteiger charge is 2.40. The van der Waals surface area contributed by atoms with Gasteiger partial charge in [-0.1, -0.05) is 6.92 Å². The number of nitrogens with one attached hydrogen (secondary N) is 1. The number of carbonyl (C=O) groups is 1. The van der Waals surface area contributed by atoms with Gasteiger partial charge in [0.2, 0.25) is 5.91 Å². The van der Waals surface area contributed by atoms with E-state index in [1.807, 2.05) is 0 Å². The number of piperidine rings is 1. The van der Waals surface area contributed by atoms with E-state index in [0.29, 0.717) is 11.8 Å². The van der Waals surface area contributed by atoms with Crippen LogP contribution in [0.1, 0.15) is 32.6 Å². The molecule has 3 aliphatic rings. The monoisotopic (exact) mass is 302 g/mol. The maximum Gasteiger partial charge on any atom is 0.225 e. The van der Waals surface area contributed by atoms with Crippen LogP contribution in [0.3, 0.4) is 0 Å². The number of ether oxygens (including phenoxy) is 1. The first-order valence-electron chi connectivity index (χ1n) is 7.77. The SMILES string of the molecule is CC(C(=O)N1CCCC2(CCCOC2)C1)C1CNC1.Cl. The minimum atomic E-state index is 0. The summed E-state index contributed by atoms with van der Waals surface area (Å²) in [5.74, 6) is 1.10. The predicted molar refractivity (Wildman–Crippen MR) is 81.1 cm³/mol. The van der Waals surface area contributed by atoms with Crippen molar-refractivity contribution < 1.29 is 9.53 Å². The number of halogens is 1. The molecule has 5 heteroatoms. The molecule has 1 amide bonds. The van der Waals surface area contributed by atoms with E-state index in [1.54, 1.807) is 0 Å². The van der Waals surface area contributed by atoms with Gasteiger partial charge in [0.25, 0.3) is 0 Å². The summed E-state index contributed by atoms with van der Waals surface area (Å²) in [5, 5.41) is 3.27. The molecule has 2 unspecified atom stereocenters. The number of hydrogen-bond donors (Lipinski definition) is 1. The molecule has 1 spiro atoms. The Hall–Kier alpha value is -0.320. The molecule has 0 bridgehead atoms. The highest BCUT2D eigenvalue weighted by molar-refractivity contribution is 5.85. The summed E-state index contributed by atoms with van der Waals surface area (Å²) >= 11 is 0. The lowest BCUT2D eigenvalue weighted by Crippen LogP contribution is -2.54. The first kappa shape index (κ1) is 16.1. The minimum absolute atomic E-state index is 0. The minimum Gasteiger partial charge on any atom is -0.381 e. The molecule has 2 atom stereocenters. The van der Waals surface area contributed by atoms with Gasteiger partial charge in [-0.25, -0.2) is 0 Å². The van der Waals surface area contributed by atoms with Crippen molar-refractivity contribution in [3.05, 3.63) is 0 Å². The third-order valence-corrected chi connectivity index (χ3v) is 5.29. The molecule has 1 N–H and O–H groups in total. The Morgan fingerprint density at radius 1 is 1.35 bits per heavy atom. The summed E-state index contributed by atoms with van der Waals surface area (Å²) in [6, 6.07) is 0. The summed E-state index contributed by atoms with van der Waals surface area (Å²) in [6.45, 7) is 7.76. The fourth-order valence-electron chi connectivity index (χ4n) is 3.78. The lowest BCUT2D eigenvalue weighted by molar-refractivity contribution is -0.144. The van der Waals surface area contributed by atoms with Crippen molar-refractivity contribution in [2.24, 2.45) is 17.3 Å². The summed E-state index contributed by atoms with van der Waals surface area (Å²) in [6.07, 6.45) is 4.77. The van der Waals surface area contributed by atoms with Gasteiger partial charge < -0.3 is 15.0 Å². The van der Waals surface area contributed by atoms with Crippen molar-refractivity contribution >= 4 is 18.3 Å². The van der Waals surface area contributed by atoms with Gasteiger partial charge in [-0.15, -0.1) is 12.4 Å². The van der Waals surface area contributed by atoms with E-state index in [0.717, 1.165) is 52.2 Å². The van der Waals surface area contributed by atoms with E-state index in [1.165, 1.54) is 12.8 Å². The third kappa shape index (κ3) is 3.12. The highest BCUT2D eigenvalue weighted by atomic mass is 35.5. The highest BCUT2D eigenvalue weighted by Crippen LogP contribution is 2.38. The summed E-state index contributed by atoms with van der Waals surface area (Å²) < 4.78 is 5.68. The zero-order chi connectivity index (χ0) is 13.3. The molecule has 0 aromatic rings. The largest absolute Gasteiger partial charge is 0.381 e. The molecule has 3 aliphatic heterocycles. The van der Waals surface area contributed by atoms with E-state index in [9.17, 15) is 4.79 Å². The Balaban J connectivity index is 0.00000147. The average molecular weight is 303 g/mol. The van der Waals surface area contributed by atoms with E-state index >= 15 is 0 Å². The Morgan fingerprint density at radius 3 is 2.70 bits per heavy atom. The number of nitrogens with zero attached hydrogens (tertiary/aromatic N) is 1. The van der Waals surface area contributed by atoms with E-state index < -0.39 is 0 Å². The number of hydrogen-bond acceptors (Lipinski definition) is 3. The lowest BCUT2D eigenvalue weighted by Gasteiger charge is -2.46. The van der Waals surface area contributed by atoms with Crippen LogP contribution < -0.4 is 5.32 Å². The molecule has 0 aromatic carbocycles. The number of rotatable bonds is 2. The van der Waals surface area contributed by atoms with Crippen LogP contribution in [-0.4, -0.2) is 50.2 Å². The van der Waals surface area contributed by atoms with E-state index in [-0.39, 0.29) is 23.7 Å². The molecule has 0 aliphatic carbocycles. The summed E-state index contributed by atoms with van der Waals surface area (Å²) in [7, 11) is 0. The van der Waals surface area contributed by atoms with Crippen molar-refractivity contribution in [1.82, 2.24) is 10.2 Å². The molecule has 3 rings (SSSR count). The van der Waals surface area contributed by atoms with Crippen LogP contribution >= 0.6 is 12.4 Å². The molecule has 116 valence electrons. The maximum absolute atomic E-state index is 12.6. The molecule has 3 fully saturated rings. The van der Waals surface area contributed by atoms with E-state index in [4.69, 9.17) is 4.74 Å². The Kier molecular flexibility index (Phi) is 5.32. The molecule has 3 heterocycles. The van der Waals surface area contributed by atoms with Gasteiger partial charge in [0, 0.05) is 31.0 Å². The molecular weight excluding hydrogens is 276 g/mol. The van der Waals surface area contributed by atoms with Crippen LogP contribution in [0.25, 0.3) is 0 Å². The smallest absolute Gasteiger partial charge is 0.225 e. The van der Waals surface area contributed by atoms with Gasteiger partial charge in [0.05, 0.1) is 6.61 Å². The van der Waals surface area contributed by atoms with Crippen molar-refractivity contribution in [2.45, 2.75) is 32.6 Å². The molecule has 4 nitrogen and oxygen atoms in total. The Bertz CT molecular complexity index is 335. The van der Waals surface area contributed by atoms with Crippen LogP contribution in [-0.2, 0) is 9.53 Å². The zero-order valence-corrected chi connectivity index (χ0v) is 13.2. The number of likely N-dealkylation sites (tertiary alicyclic amines) is 1. The molecule has 20 heavy (non-hydrogen) atoms. The van der Waals surface area contributed by atoms with Crippen molar-refractivity contribution in [3.8, 4) is 0 Å². The van der Waals surface area contributed by atoms with Crippen LogP contribution in [0.4, 0.5) is 0 Å². The lowest BCUT2D eigenvalue weighted by atomic mass is 9.75. The first-order chi connectivity index (χ1) is 9.20. The topological polar surface area (TPSA) is 41.6 Å². The van der Waals surface area contributed by atoms with Crippen molar-refractivity contribution in [1.29, 1.82) is 0 Å². The number of carbonyl (C=O) groups excluding carboxylic acids is 1. The molecule has 0 aromatic heterocycles. The van der Waals surface area contributed by atoms with Gasteiger partial charge in [0.1, 0.15) is 0 Å². The second kappa shape index (κ2) is 6.63. The average Bonchev–Trinajstić information content (AvgIpc) is 2.37. The van der Waals surface area contributed by atoms with Crippen LogP contribution in [0.2, 0.25) is 0 Å². The molecule has 3 saturated heterocycles. The standard InChI is InChI=1S/C15H26N2O2.ClH/c1-12(13-8-16-9-13)14(18)17-6-2-4-15(10-17)5-3-7-19-11-15;/h12-13,16H,2-11H2,1H3;1H. The second-order valence-corrected chi connectivity index (χ2v) is 6.73. The van der Waals surface area contributed by atoms with Crippen LogP contribution in [0.15, 0.2) is 0 Å². The molecule has 0 radical (unpaired) electrons. The normalized spacial score (nSPS) is 32.4. The van der Waals surface area contributed by atoms with Crippen molar-refractivity contribution in [2.75, 3.05) is 39.4 Å².